The summed E-state index contributed by atoms with van der Waals surface area (Å²) < 4.78 is 30.6. The van der Waals surface area contributed by atoms with Crippen molar-refractivity contribution in [1.29, 1.82) is 0 Å². The molecule has 0 radical (unpaired) electrons. The summed E-state index contributed by atoms with van der Waals surface area (Å²) in [5.41, 5.74) is 0. The van der Waals surface area contributed by atoms with Gasteiger partial charge in [0.25, 0.3) is 0 Å². The fourth-order valence-corrected chi connectivity index (χ4v) is 8.94. The number of nitrogens with one attached hydrogen (secondary N) is 1. The van der Waals surface area contributed by atoms with Crippen LogP contribution >= 0.6 is 7.82 Å². The minimum Gasteiger partial charge on any atom is -0.456 e. The van der Waals surface area contributed by atoms with Crippen LogP contribution in [-0.4, -0.2) is 74.3 Å². The number of carbonyl (C=O) groups excluding carboxylic acids is 2. The molecule has 9 nitrogen and oxygen atoms in total. The van der Waals surface area contributed by atoms with Gasteiger partial charge in [-0.15, -0.1) is 0 Å². The highest BCUT2D eigenvalue weighted by Gasteiger charge is 2.30. The standard InChI is InChI=1S/C63H113N2O7P/c1-7-10-13-16-19-22-25-28-30-32-34-37-40-43-46-49-52-55-62(66)64-60(59-71-73(68,69)70-58-57-65(4,5)6)61(54-51-48-45-42-39-36-27-24-21-18-15-12-9-3)72-63(67)56-53-50-47-44-41-38-35-33-31-29-26-23-20-17-14-11-8-2/h10,13,19,22,28-31,34,37,43,46,51,54,60-61H,7-9,11-12,14-18,20-21,23-27,32-33,35-36,38-42,44-45,47-50,52-53,55-59H2,1-6H3,(H-,64,66,68,69)/p+1/b13-10-,22-19-,30-28-,31-29+,37-34-,46-43-,54-51+. The molecule has 0 fully saturated rings. The van der Waals surface area contributed by atoms with E-state index in [2.05, 4.69) is 99.0 Å². The normalized spacial score (nSPS) is 14.3. The van der Waals surface area contributed by atoms with Crippen molar-refractivity contribution in [1.82, 2.24) is 5.32 Å². The van der Waals surface area contributed by atoms with Gasteiger partial charge in [-0.2, -0.15) is 0 Å². The Balaban J connectivity index is 5.43. The van der Waals surface area contributed by atoms with Gasteiger partial charge < -0.3 is 19.4 Å². The van der Waals surface area contributed by atoms with Gasteiger partial charge in [-0.25, -0.2) is 4.57 Å². The summed E-state index contributed by atoms with van der Waals surface area (Å²) >= 11 is 0. The molecule has 0 aliphatic carbocycles. The smallest absolute Gasteiger partial charge is 0.456 e. The second-order valence-electron chi connectivity index (χ2n) is 21.1. The molecule has 3 atom stereocenters. The van der Waals surface area contributed by atoms with E-state index in [1.165, 1.54) is 122 Å². The molecule has 1 amide bonds. The molecule has 73 heavy (non-hydrogen) atoms. The van der Waals surface area contributed by atoms with Gasteiger partial charge in [-0.3, -0.25) is 18.6 Å². The minimum atomic E-state index is -4.47. The Hall–Kier alpha value is -2.81. The highest BCUT2D eigenvalue weighted by Crippen LogP contribution is 2.43. The number of carbonyl (C=O) groups is 2. The van der Waals surface area contributed by atoms with Crippen LogP contribution < -0.4 is 5.32 Å². The number of likely N-dealkylation sites (N-methyl/N-ethyl adjacent to an activating group) is 1. The van der Waals surface area contributed by atoms with E-state index in [1.807, 2.05) is 33.3 Å². The van der Waals surface area contributed by atoms with E-state index in [9.17, 15) is 19.0 Å². The summed E-state index contributed by atoms with van der Waals surface area (Å²) in [6.45, 7) is 6.85. The van der Waals surface area contributed by atoms with Crippen LogP contribution in [0.1, 0.15) is 252 Å². The maximum atomic E-state index is 13.5. The van der Waals surface area contributed by atoms with Crippen LogP contribution in [0.15, 0.2) is 85.1 Å². The van der Waals surface area contributed by atoms with Crippen molar-refractivity contribution in [2.24, 2.45) is 0 Å². The average molecular weight is 1040 g/mol. The highest BCUT2D eigenvalue weighted by atomic mass is 31.2. The number of hydrogen-bond donors (Lipinski definition) is 2. The molecule has 0 aromatic heterocycles. The second-order valence-corrected chi connectivity index (χ2v) is 22.6. The number of hydrogen-bond acceptors (Lipinski definition) is 6. The van der Waals surface area contributed by atoms with Gasteiger partial charge >= 0.3 is 13.8 Å². The van der Waals surface area contributed by atoms with Crippen molar-refractivity contribution in [2.75, 3.05) is 40.9 Å². The fraction of sp³-hybridized carbons (Fsp3) is 0.746. The first-order chi connectivity index (χ1) is 35.4. The van der Waals surface area contributed by atoms with Crippen LogP contribution in [0.3, 0.4) is 0 Å². The molecule has 0 aromatic rings. The molecule has 0 saturated heterocycles. The van der Waals surface area contributed by atoms with E-state index in [1.54, 1.807) is 0 Å². The number of phosphoric acid groups is 1. The van der Waals surface area contributed by atoms with Crippen molar-refractivity contribution in [3.63, 3.8) is 0 Å². The molecule has 10 heteroatoms. The van der Waals surface area contributed by atoms with E-state index >= 15 is 0 Å². The number of phosphoric ester groups is 1. The van der Waals surface area contributed by atoms with Gasteiger partial charge in [-0.1, -0.05) is 228 Å². The Labute approximate surface area is 450 Å². The molecule has 0 bridgehead atoms. The topological polar surface area (TPSA) is 111 Å². The Morgan fingerprint density at radius 2 is 0.890 bits per heavy atom. The average Bonchev–Trinajstić information content (AvgIpc) is 3.35. The first kappa shape index (κ1) is 70.2. The lowest BCUT2D eigenvalue weighted by Crippen LogP contribution is -2.47. The maximum Gasteiger partial charge on any atom is 0.472 e. The molecule has 0 aliphatic rings. The molecule has 0 rings (SSSR count). The van der Waals surface area contributed by atoms with Crippen LogP contribution in [0.2, 0.25) is 0 Å². The van der Waals surface area contributed by atoms with Crippen LogP contribution in [0.5, 0.6) is 0 Å². The largest absolute Gasteiger partial charge is 0.472 e. The molecule has 0 aromatic carbocycles. The minimum absolute atomic E-state index is 0.0259. The third-order valence-electron chi connectivity index (χ3n) is 12.8. The number of esters is 1. The van der Waals surface area contributed by atoms with Crippen molar-refractivity contribution in [3.8, 4) is 0 Å². The van der Waals surface area contributed by atoms with E-state index in [-0.39, 0.29) is 37.9 Å². The lowest BCUT2D eigenvalue weighted by atomic mass is 10.0. The van der Waals surface area contributed by atoms with Gasteiger partial charge in [0, 0.05) is 12.8 Å². The number of nitrogens with zero attached hydrogens (tertiary/aromatic N) is 1. The highest BCUT2D eigenvalue weighted by molar-refractivity contribution is 7.47. The predicted molar refractivity (Wildman–Crippen MR) is 314 cm³/mol. The molecule has 422 valence electrons. The third-order valence-corrected chi connectivity index (χ3v) is 13.8. The zero-order chi connectivity index (χ0) is 53.6. The number of ether oxygens (including phenoxy) is 1. The zero-order valence-electron chi connectivity index (χ0n) is 48.1. The van der Waals surface area contributed by atoms with Gasteiger partial charge in [0.2, 0.25) is 5.91 Å². The van der Waals surface area contributed by atoms with Crippen molar-refractivity contribution in [3.05, 3.63) is 85.1 Å². The Kier molecular flexibility index (Phi) is 50.6. The van der Waals surface area contributed by atoms with E-state index in [0.717, 1.165) is 89.9 Å². The van der Waals surface area contributed by atoms with Crippen LogP contribution in [0.4, 0.5) is 0 Å². The molecule has 0 heterocycles. The van der Waals surface area contributed by atoms with Crippen LogP contribution in [-0.2, 0) is 27.9 Å². The number of unbranched alkanes of at least 4 members (excludes halogenated alkanes) is 25. The van der Waals surface area contributed by atoms with Gasteiger partial charge in [0.05, 0.1) is 33.8 Å². The summed E-state index contributed by atoms with van der Waals surface area (Å²) in [5, 5.41) is 3.02. The number of rotatable bonds is 53. The Bertz CT molecular complexity index is 1530. The lowest BCUT2D eigenvalue weighted by molar-refractivity contribution is -0.870. The van der Waals surface area contributed by atoms with E-state index < -0.39 is 20.0 Å². The quantitative estimate of drug-likeness (QED) is 0.0205. The summed E-state index contributed by atoms with van der Waals surface area (Å²) in [4.78, 5) is 37.6. The number of allylic oxidation sites excluding steroid dienone is 13. The molecule has 0 saturated carbocycles. The predicted octanol–water partition coefficient (Wildman–Crippen LogP) is 18.2. The monoisotopic (exact) mass is 1040 g/mol. The third kappa shape index (κ3) is 53.8. The molecule has 2 N–H and O–H groups in total. The Morgan fingerprint density at radius 1 is 0.493 bits per heavy atom. The second kappa shape index (κ2) is 52.6. The van der Waals surface area contributed by atoms with Gasteiger partial charge in [0.15, 0.2) is 0 Å². The molecule has 0 aliphatic heterocycles. The van der Waals surface area contributed by atoms with Gasteiger partial charge in [0.1, 0.15) is 19.3 Å². The molecular formula is C63H114N2O7P+. The van der Waals surface area contributed by atoms with Crippen LogP contribution in [0, 0.1) is 0 Å². The number of quaternary nitrogens is 1. The van der Waals surface area contributed by atoms with Gasteiger partial charge in [-0.05, 0) is 96.0 Å². The summed E-state index contributed by atoms with van der Waals surface area (Å²) in [7, 11) is 1.45. The van der Waals surface area contributed by atoms with Crippen LogP contribution in [0.25, 0.3) is 0 Å². The number of amides is 1. The summed E-state index contributed by atoms with van der Waals surface area (Å²) in [6, 6.07) is -0.883. The summed E-state index contributed by atoms with van der Waals surface area (Å²) in [6.07, 6.45) is 68.7. The maximum absolute atomic E-state index is 13.5. The van der Waals surface area contributed by atoms with E-state index in [4.69, 9.17) is 13.8 Å². The fourth-order valence-electron chi connectivity index (χ4n) is 8.21. The lowest BCUT2D eigenvalue weighted by Gasteiger charge is -2.27. The summed E-state index contributed by atoms with van der Waals surface area (Å²) in [5.74, 6) is -0.579. The van der Waals surface area contributed by atoms with Crippen molar-refractivity contribution in [2.45, 2.75) is 264 Å². The first-order valence-corrected chi connectivity index (χ1v) is 31.4. The first-order valence-electron chi connectivity index (χ1n) is 29.9. The zero-order valence-corrected chi connectivity index (χ0v) is 49.0. The van der Waals surface area contributed by atoms with Crippen molar-refractivity contribution >= 4 is 19.7 Å². The van der Waals surface area contributed by atoms with E-state index in [0.29, 0.717) is 17.4 Å². The SMILES string of the molecule is CC/C=C\C/C=C\C/C=C\C/C=C\C/C=C\CCCC(=O)NC(COP(=O)(O)OCC[N+](C)(C)C)C(/C=C/CCCCCCCCCCCCC)OC(=O)CCCCCCCCC/C=C/CCCCCCCC. The Morgan fingerprint density at radius 3 is 1.36 bits per heavy atom. The van der Waals surface area contributed by atoms with Crippen molar-refractivity contribution < 1.29 is 37.3 Å². The molecular weight excluding hydrogens is 928 g/mol. The molecule has 0 spiro atoms. The molecule has 3 unspecified atom stereocenters.